The number of amides is 2. The van der Waals surface area contributed by atoms with Crippen molar-refractivity contribution in [1.82, 2.24) is 15.3 Å². The molecule has 29 heavy (non-hydrogen) atoms. The van der Waals surface area contributed by atoms with Crippen molar-refractivity contribution >= 4 is 28.5 Å². The van der Waals surface area contributed by atoms with Gasteiger partial charge in [-0.25, -0.2) is 13.8 Å². The normalized spacial score (nSPS) is 12.2. The first-order valence-electron chi connectivity index (χ1n) is 9.18. The number of halogens is 2. The maximum atomic E-state index is 13.9. The van der Waals surface area contributed by atoms with Gasteiger partial charge >= 0.3 is 0 Å². The van der Waals surface area contributed by atoms with Crippen LogP contribution in [0.4, 0.5) is 14.5 Å². The van der Waals surface area contributed by atoms with Crippen LogP contribution in [0, 0.1) is 24.5 Å². The van der Waals surface area contributed by atoms with Crippen LogP contribution in [0.5, 0.6) is 0 Å². The average Bonchev–Trinajstić information content (AvgIpc) is 3.03. The van der Waals surface area contributed by atoms with Gasteiger partial charge in [0.2, 0.25) is 5.91 Å². The maximum absolute atomic E-state index is 13.9. The Morgan fingerprint density at radius 2 is 1.79 bits per heavy atom. The Balaban J connectivity index is 1.85. The quantitative estimate of drug-likeness (QED) is 0.687. The van der Waals surface area contributed by atoms with Gasteiger partial charge in [-0.2, -0.15) is 0 Å². The number of aromatic nitrogens is 2. The van der Waals surface area contributed by atoms with Crippen LogP contribution in [0.1, 0.15) is 30.0 Å². The van der Waals surface area contributed by atoms with Crippen molar-refractivity contribution in [2.45, 2.75) is 26.8 Å². The van der Waals surface area contributed by atoms with Gasteiger partial charge in [0.05, 0.1) is 11.0 Å². The molecule has 1 heterocycles. The van der Waals surface area contributed by atoms with Crippen LogP contribution in [-0.4, -0.2) is 34.9 Å². The highest BCUT2D eigenvalue weighted by molar-refractivity contribution is 6.03. The molecule has 0 aliphatic rings. The van der Waals surface area contributed by atoms with E-state index in [0.29, 0.717) is 5.69 Å². The second-order valence-corrected chi connectivity index (χ2v) is 7.21. The molecule has 1 unspecified atom stereocenters. The molecule has 2 amide bonds. The second kappa shape index (κ2) is 7.98. The van der Waals surface area contributed by atoms with Gasteiger partial charge in [-0.15, -0.1) is 0 Å². The number of hydrogen-bond acceptors (Lipinski definition) is 3. The number of anilines is 1. The Morgan fingerprint density at radius 3 is 2.41 bits per heavy atom. The Labute approximate surface area is 166 Å². The van der Waals surface area contributed by atoms with E-state index < -0.39 is 35.1 Å². The molecule has 0 bridgehead atoms. The molecule has 152 valence electrons. The number of carbonyl (C=O) groups excluding carboxylic acids is 2. The molecule has 2 N–H and O–H groups in total. The van der Waals surface area contributed by atoms with Crippen LogP contribution in [0.25, 0.3) is 11.0 Å². The number of imidazole rings is 1. The zero-order chi connectivity index (χ0) is 21.3. The predicted octanol–water partition coefficient (Wildman–Crippen LogP) is 3.57. The fraction of sp³-hybridized carbons (Fsp3) is 0.286. The summed E-state index contributed by atoms with van der Waals surface area (Å²) >= 11 is 0. The number of nitrogens with zero attached hydrogens (tertiary/aromatic N) is 2. The highest BCUT2D eigenvalue weighted by Crippen LogP contribution is 2.22. The number of rotatable bonds is 5. The van der Waals surface area contributed by atoms with Gasteiger partial charge in [-0.3, -0.25) is 9.59 Å². The summed E-state index contributed by atoms with van der Waals surface area (Å²) in [7, 11) is 1.58. The zero-order valence-electron chi connectivity index (χ0n) is 16.6. The third-order valence-electron chi connectivity index (χ3n) is 4.71. The van der Waals surface area contributed by atoms with Crippen molar-refractivity contribution in [3.05, 3.63) is 59.4 Å². The Morgan fingerprint density at radius 1 is 1.14 bits per heavy atom. The summed E-state index contributed by atoms with van der Waals surface area (Å²) in [5.41, 5.74) is 1.44. The molecule has 0 fully saturated rings. The number of benzene rings is 2. The van der Waals surface area contributed by atoms with E-state index in [9.17, 15) is 18.4 Å². The molecule has 1 aromatic heterocycles. The molecule has 2 aromatic carbocycles. The van der Waals surface area contributed by atoms with Crippen molar-refractivity contribution in [2.24, 2.45) is 5.92 Å². The molecule has 8 heteroatoms. The van der Waals surface area contributed by atoms with E-state index >= 15 is 0 Å². The Kier molecular flexibility index (Phi) is 5.63. The van der Waals surface area contributed by atoms with Crippen LogP contribution in [0.15, 0.2) is 36.4 Å². The lowest BCUT2D eigenvalue weighted by atomic mass is 10.0. The first-order valence-corrected chi connectivity index (χ1v) is 9.18. The minimum atomic E-state index is -0.981. The molecule has 3 rings (SSSR count). The van der Waals surface area contributed by atoms with Gasteiger partial charge in [0.25, 0.3) is 5.91 Å². The predicted molar refractivity (Wildman–Crippen MR) is 107 cm³/mol. The SMILES string of the molecule is Cc1nc2ccc(N(C)C(=O)C(NC(=O)c3c(F)cccc3F)C(C)C)cc2[nH]1. The largest absolute Gasteiger partial charge is 0.342 e. The zero-order valence-corrected chi connectivity index (χ0v) is 16.6. The van der Waals surface area contributed by atoms with Crippen LogP contribution >= 0.6 is 0 Å². The monoisotopic (exact) mass is 400 g/mol. The standard InChI is InChI=1S/C21H22F2N4O2/c1-11(2)19(26-20(28)18-14(22)6-5-7-15(18)23)21(29)27(4)13-8-9-16-17(10-13)25-12(3)24-16/h5-11,19H,1-4H3,(H,24,25)(H,26,28). The molecule has 0 saturated carbocycles. The number of fused-ring (bicyclic) bond motifs is 1. The molecule has 0 radical (unpaired) electrons. The van der Waals surface area contributed by atoms with Crippen molar-refractivity contribution in [3.8, 4) is 0 Å². The molecule has 0 aliphatic heterocycles. The molecular weight excluding hydrogens is 378 g/mol. The molecule has 0 saturated heterocycles. The van der Waals surface area contributed by atoms with Gasteiger partial charge in [-0.1, -0.05) is 19.9 Å². The Bertz CT molecular complexity index is 1060. The van der Waals surface area contributed by atoms with Gasteiger partial charge in [0.15, 0.2) is 0 Å². The molecule has 1 atom stereocenters. The van der Waals surface area contributed by atoms with Gasteiger partial charge in [0, 0.05) is 12.7 Å². The fourth-order valence-electron chi connectivity index (χ4n) is 3.11. The smallest absolute Gasteiger partial charge is 0.257 e. The number of nitrogens with one attached hydrogen (secondary N) is 2. The van der Waals surface area contributed by atoms with Gasteiger partial charge in [-0.05, 0) is 43.2 Å². The topological polar surface area (TPSA) is 78.1 Å². The molecule has 0 aliphatic carbocycles. The summed E-state index contributed by atoms with van der Waals surface area (Å²) in [6, 6.07) is 7.52. The fourth-order valence-corrected chi connectivity index (χ4v) is 3.11. The highest BCUT2D eigenvalue weighted by atomic mass is 19.1. The van der Waals surface area contributed by atoms with Crippen molar-refractivity contribution in [2.75, 3.05) is 11.9 Å². The van der Waals surface area contributed by atoms with E-state index in [1.165, 1.54) is 11.0 Å². The third kappa shape index (κ3) is 4.11. The minimum Gasteiger partial charge on any atom is -0.342 e. The lowest BCUT2D eigenvalue weighted by molar-refractivity contribution is -0.121. The van der Waals surface area contributed by atoms with E-state index in [-0.39, 0.29) is 5.92 Å². The number of aromatic amines is 1. The minimum absolute atomic E-state index is 0.304. The van der Waals surface area contributed by atoms with Crippen molar-refractivity contribution in [1.29, 1.82) is 0 Å². The van der Waals surface area contributed by atoms with E-state index in [1.54, 1.807) is 39.1 Å². The summed E-state index contributed by atoms with van der Waals surface area (Å²) in [5.74, 6) is -2.88. The molecule has 3 aromatic rings. The van der Waals surface area contributed by atoms with E-state index in [2.05, 4.69) is 15.3 Å². The average molecular weight is 400 g/mol. The van der Waals surface area contributed by atoms with Crippen molar-refractivity contribution in [3.63, 3.8) is 0 Å². The summed E-state index contributed by atoms with van der Waals surface area (Å²) < 4.78 is 27.8. The Hall–Kier alpha value is -3.29. The lowest BCUT2D eigenvalue weighted by Crippen LogP contribution is -2.50. The number of likely N-dealkylation sites (N-methyl/N-ethyl adjacent to an activating group) is 1. The van der Waals surface area contributed by atoms with E-state index in [0.717, 1.165) is 29.0 Å². The third-order valence-corrected chi connectivity index (χ3v) is 4.71. The number of H-pyrrole nitrogens is 1. The second-order valence-electron chi connectivity index (χ2n) is 7.21. The highest BCUT2D eigenvalue weighted by Gasteiger charge is 2.30. The summed E-state index contributed by atoms with van der Waals surface area (Å²) in [4.78, 5) is 34.4. The molecular formula is C21H22F2N4O2. The molecule has 6 nitrogen and oxygen atoms in total. The number of carbonyl (C=O) groups is 2. The summed E-state index contributed by atoms with van der Waals surface area (Å²) in [6.45, 7) is 5.33. The van der Waals surface area contributed by atoms with Crippen LogP contribution in [-0.2, 0) is 4.79 Å². The lowest BCUT2D eigenvalue weighted by Gasteiger charge is -2.27. The first kappa shape index (κ1) is 20.4. The van der Waals surface area contributed by atoms with Crippen LogP contribution in [0.2, 0.25) is 0 Å². The number of aryl methyl sites for hydroxylation is 1. The molecule has 0 spiro atoms. The van der Waals surface area contributed by atoms with Crippen LogP contribution in [0.3, 0.4) is 0 Å². The summed E-state index contributed by atoms with van der Waals surface area (Å²) in [6.07, 6.45) is 0. The van der Waals surface area contributed by atoms with Crippen LogP contribution < -0.4 is 10.2 Å². The summed E-state index contributed by atoms with van der Waals surface area (Å²) in [5, 5.41) is 2.48. The maximum Gasteiger partial charge on any atom is 0.257 e. The van der Waals surface area contributed by atoms with Crippen molar-refractivity contribution < 1.29 is 18.4 Å². The first-order chi connectivity index (χ1) is 13.7. The van der Waals surface area contributed by atoms with E-state index in [4.69, 9.17) is 0 Å². The van der Waals surface area contributed by atoms with Gasteiger partial charge < -0.3 is 15.2 Å². The van der Waals surface area contributed by atoms with Gasteiger partial charge in [0.1, 0.15) is 29.1 Å². The number of hydrogen-bond donors (Lipinski definition) is 2. The van der Waals surface area contributed by atoms with E-state index in [1.807, 2.05) is 6.92 Å².